The summed E-state index contributed by atoms with van der Waals surface area (Å²) in [5.41, 5.74) is 0.239. The van der Waals surface area contributed by atoms with Crippen molar-refractivity contribution in [2.75, 3.05) is 4.90 Å². The molecule has 4 rings (SSSR count). The van der Waals surface area contributed by atoms with Crippen molar-refractivity contribution < 1.29 is 22.8 Å². The van der Waals surface area contributed by atoms with Gasteiger partial charge in [-0.3, -0.25) is 14.5 Å². The maximum Gasteiger partial charge on any atom is 0.269 e. The van der Waals surface area contributed by atoms with Crippen molar-refractivity contribution in [2.24, 2.45) is 0 Å². The standard InChI is InChI=1S/C22H17FN2O4S/c23-15-5-1-6-16(13-15)25(22(27)19-9-4-12-30-19)20(18-8-3-11-29-18)21(26)24-14-17-7-2-10-28-17/h1-13,20H,14H2,(H,24,26)/t20-/m1/s1. The van der Waals surface area contributed by atoms with Crippen LogP contribution in [0.25, 0.3) is 0 Å². The number of amides is 2. The highest BCUT2D eigenvalue weighted by Gasteiger charge is 2.36. The van der Waals surface area contributed by atoms with Gasteiger partial charge in [0, 0.05) is 5.69 Å². The number of hydrogen-bond acceptors (Lipinski definition) is 5. The van der Waals surface area contributed by atoms with Crippen molar-refractivity contribution in [3.8, 4) is 0 Å². The van der Waals surface area contributed by atoms with Crippen LogP contribution in [0.5, 0.6) is 0 Å². The lowest BCUT2D eigenvalue weighted by atomic mass is 10.1. The molecule has 0 fully saturated rings. The molecular weight excluding hydrogens is 407 g/mol. The van der Waals surface area contributed by atoms with E-state index >= 15 is 0 Å². The molecule has 0 aliphatic rings. The summed E-state index contributed by atoms with van der Waals surface area (Å²) in [7, 11) is 0. The Bertz CT molecular complexity index is 1110. The van der Waals surface area contributed by atoms with E-state index in [0.717, 1.165) is 0 Å². The predicted molar refractivity (Wildman–Crippen MR) is 110 cm³/mol. The lowest BCUT2D eigenvalue weighted by Gasteiger charge is -2.29. The molecular formula is C22H17FN2O4S. The van der Waals surface area contributed by atoms with Gasteiger partial charge in [-0.2, -0.15) is 0 Å². The van der Waals surface area contributed by atoms with Gasteiger partial charge < -0.3 is 14.2 Å². The van der Waals surface area contributed by atoms with Gasteiger partial charge in [0.15, 0.2) is 6.04 Å². The van der Waals surface area contributed by atoms with E-state index in [-0.39, 0.29) is 18.0 Å². The van der Waals surface area contributed by atoms with E-state index in [1.54, 1.807) is 47.8 Å². The molecule has 0 aliphatic heterocycles. The number of carbonyl (C=O) groups is 2. The zero-order valence-corrected chi connectivity index (χ0v) is 16.5. The van der Waals surface area contributed by atoms with E-state index < -0.39 is 23.7 Å². The molecule has 0 aliphatic carbocycles. The normalized spacial score (nSPS) is 11.8. The third-order valence-electron chi connectivity index (χ3n) is 4.37. The highest BCUT2D eigenvalue weighted by molar-refractivity contribution is 7.12. The Morgan fingerprint density at radius 3 is 2.53 bits per heavy atom. The monoisotopic (exact) mass is 424 g/mol. The van der Waals surface area contributed by atoms with Gasteiger partial charge in [0.2, 0.25) is 0 Å². The van der Waals surface area contributed by atoms with Crippen LogP contribution in [0.2, 0.25) is 0 Å². The van der Waals surface area contributed by atoms with Crippen molar-refractivity contribution in [1.82, 2.24) is 5.32 Å². The number of furan rings is 2. The van der Waals surface area contributed by atoms with E-state index in [1.165, 1.54) is 47.0 Å². The molecule has 0 saturated heterocycles. The maximum absolute atomic E-state index is 14.0. The number of thiophene rings is 1. The van der Waals surface area contributed by atoms with Crippen LogP contribution in [0.3, 0.4) is 0 Å². The van der Waals surface area contributed by atoms with Gasteiger partial charge in [-0.25, -0.2) is 4.39 Å². The molecule has 152 valence electrons. The number of nitrogens with one attached hydrogen (secondary N) is 1. The molecule has 1 aromatic carbocycles. The second-order valence-corrected chi connectivity index (χ2v) is 7.30. The molecule has 30 heavy (non-hydrogen) atoms. The minimum absolute atomic E-state index is 0.132. The van der Waals surface area contributed by atoms with Gasteiger partial charge >= 0.3 is 0 Å². The lowest BCUT2D eigenvalue weighted by molar-refractivity contribution is -0.123. The van der Waals surface area contributed by atoms with Gasteiger partial charge in [-0.1, -0.05) is 12.1 Å². The Balaban J connectivity index is 1.74. The molecule has 0 bridgehead atoms. The quantitative estimate of drug-likeness (QED) is 0.463. The topological polar surface area (TPSA) is 75.7 Å². The van der Waals surface area contributed by atoms with Gasteiger partial charge in [-0.15, -0.1) is 11.3 Å². The second kappa shape index (κ2) is 8.79. The molecule has 0 spiro atoms. The van der Waals surface area contributed by atoms with Crippen LogP contribution in [0.15, 0.2) is 87.4 Å². The Labute approximate surface area is 175 Å². The van der Waals surface area contributed by atoms with Crippen LogP contribution < -0.4 is 10.2 Å². The van der Waals surface area contributed by atoms with Crippen LogP contribution in [0, 0.1) is 5.82 Å². The highest BCUT2D eigenvalue weighted by Crippen LogP contribution is 2.31. The average molecular weight is 424 g/mol. The zero-order valence-electron chi connectivity index (χ0n) is 15.7. The summed E-state index contributed by atoms with van der Waals surface area (Å²) in [5, 5.41) is 4.52. The Morgan fingerprint density at radius 1 is 1.03 bits per heavy atom. The zero-order chi connectivity index (χ0) is 20.9. The van der Waals surface area contributed by atoms with E-state index in [2.05, 4.69) is 5.32 Å². The molecule has 0 saturated carbocycles. The molecule has 3 heterocycles. The number of anilines is 1. The number of halogens is 1. The molecule has 4 aromatic rings. The molecule has 0 unspecified atom stereocenters. The molecule has 2 amide bonds. The van der Waals surface area contributed by atoms with Crippen LogP contribution >= 0.6 is 11.3 Å². The summed E-state index contributed by atoms with van der Waals surface area (Å²) in [5.74, 6) is -0.643. The highest BCUT2D eigenvalue weighted by atomic mass is 32.1. The largest absolute Gasteiger partial charge is 0.467 e. The fraction of sp³-hybridized carbons (Fsp3) is 0.0909. The van der Waals surface area contributed by atoms with E-state index in [9.17, 15) is 14.0 Å². The van der Waals surface area contributed by atoms with Gasteiger partial charge in [0.25, 0.3) is 11.8 Å². The first-order chi connectivity index (χ1) is 14.6. The van der Waals surface area contributed by atoms with Crippen molar-refractivity contribution in [2.45, 2.75) is 12.6 Å². The number of carbonyl (C=O) groups excluding carboxylic acids is 2. The fourth-order valence-electron chi connectivity index (χ4n) is 3.03. The minimum Gasteiger partial charge on any atom is -0.467 e. The van der Waals surface area contributed by atoms with Crippen LogP contribution in [-0.4, -0.2) is 11.8 Å². The van der Waals surface area contributed by atoms with E-state index in [0.29, 0.717) is 10.6 Å². The van der Waals surface area contributed by atoms with Gasteiger partial charge in [0.1, 0.15) is 17.3 Å². The van der Waals surface area contributed by atoms with Crippen molar-refractivity contribution >= 4 is 28.8 Å². The Kier molecular flexibility index (Phi) is 5.76. The summed E-state index contributed by atoms with van der Waals surface area (Å²) >= 11 is 1.23. The first-order valence-corrected chi connectivity index (χ1v) is 9.97. The number of benzene rings is 1. The summed E-state index contributed by atoms with van der Waals surface area (Å²) in [6.07, 6.45) is 2.92. The second-order valence-electron chi connectivity index (χ2n) is 6.35. The van der Waals surface area contributed by atoms with Gasteiger partial charge in [0.05, 0.1) is 23.9 Å². The average Bonchev–Trinajstić information content (AvgIpc) is 3.52. The third kappa shape index (κ3) is 4.18. The molecule has 8 heteroatoms. The van der Waals surface area contributed by atoms with E-state index in [4.69, 9.17) is 8.83 Å². The van der Waals surface area contributed by atoms with Crippen molar-refractivity contribution in [3.63, 3.8) is 0 Å². The SMILES string of the molecule is O=C(NCc1ccco1)[C@@H](c1ccco1)N(C(=O)c1cccs1)c1cccc(F)c1. The smallest absolute Gasteiger partial charge is 0.269 e. The molecule has 1 atom stereocenters. The van der Waals surface area contributed by atoms with Crippen LogP contribution in [0.4, 0.5) is 10.1 Å². The summed E-state index contributed by atoms with van der Waals surface area (Å²) in [6.45, 7) is 0.132. The number of hydrogen-bond donors (Lipinski definition) is 1. The van der Waals surface area contributed by atoms with Crippen LogP contribution in [0.1, 0.15) is 27.2 Å². The summed E-state index contributed by atoms with van der Waals surface area (Å²) in [4.78, 5) is 28.2. The van der Waals surface area contributed by atoms with Crippen LogP contribution in [-0.2, 0) is 11.3 Å². The van der Waals surface area contributed by atoms with Gasteiger partial charge in [-0.05, 0) is 53.9 Å². The Morgan fingerprint density at radius 2 is 1.87 bits per heavy atom. The molecule has 0 radical (unpaired) electrons. The first kappa shape index (κ1) is 19.7. The predicted octanol–water partition coefficient (Wildman–Crippen LogP) is 4.78. The number of rotatable bonds is 7. The maximum atomic E-state index is 14.0. The molecule has 3 aromatic heterocycles. The van der Waals surface area contributed by atoms with E-state index in [1.807, 2.05) is 0 Å². The van der Waals surface area contributed by atoms with Crippen molar-refractivity contribution in [1.29, 1.82) is 0 Å². The summed E-state index contributed by atoms with van der Waals surface area (Å²) in [6, 6.07) is 14.5. The Hall–Kier alpha value is -3.65. The minimum atomic E-state index is -1.15. The fourth-order valence-corrected chi connectivity index (χ4v) is 3.69. The molecule has 6 nitrogen and oxygen atoms in total. The lowest BCUT2D eigenvalue weighted by Crippen LogP contribution is -2.43. The summed E-state index contributed by atoms with van der Waals surface area (Å²) < 4.78 is 24.7. The van der Waals surface area contributed by atoms with Crippen molar-refractivity contribution in [3.05, 3.63) is 101 Å². The first-order valence-electron chi connectivity index (χ1n) is 9.09. The number of nitrogens with zero attached hydrogens (tertiary/aromatic N) is 1. The molecule has 1 N–H and O–H groups in total. The third-order valence-corrected chi connectivity index (χ3v) is 5.23.